The summed E-state index contributed by atoms with van der Waals surface area (Å²) in [5.41, 5.74) is 1.69. The summed E-state index contributed by atoms with van der Waals surface area (Å²) in [5, 5.41) is 9.06. The minimum atomic E-state index is -0.0427. The summed E-state index contributed by atoms with van der Waals surface area (Å²) in [4.78, 5) is 0. The van der Waals surface area contributed by atoms with Crippen molar-refractivity contribution in [2.75, 3.05) is 13.9 Å². The van der Waals surface area contributed by atoms with Crippen molar-refractivity contribution in [1.29, 1.82) is 0 Å². The normalized spacial score (nSPS) is 13.3. The SMILES string of the molecule is COCc1ccc(CO)c2c1OCO2. The minimum Gasteiger partial charge on any atom is -0.453 e. The van der Waals surface area contributed by atoms with Gasteiger partial charge in [-0.2, -0.15) is 0 Å². The van der Waals surface area contributed by atoms with Gasteiger partial charge in [-0.15, -0.1) is 0 Å². The largest absolute Gasteiger partial charge is 0.453 e. The van der Waals surface area contributed by atoms with Crippen molar-refractivity contribution in [2.45, 2.75) is 13.2 Å². The Morgan fingerprint density at radius 3 is 2.57 bits per heavy atom. The quantitative estimate of drug-likeness (QED) is 0.785. The van der Waals surface area contributed by atoms with Crippen LogP contribution in [0.1, 0.15) is 11.1 Å². The molecule has 0 radical (unpaired) electrons. The maximum absolute atomic E-state index is 9.06. The van der Waals surface area contributed by atoms with Gasteiger partial charge in [-0.25, -0.2) is 0 Å². The molecule has 1 aliphatic rings. The Labute approximate surface area is 82.0 Å². The Balaban J connectivity index is 2.42. The van der Waals surface area contributed by atoms with E-state index in [9.17, 15) is 0 Å². The monoisotopic (exact) mass is 196 g/mol. The summed E-state index contributed by atoms with van der Waals surface area (Å²) in [6.45, 7) is 0.652. The van der Waals surface area contributed by atoms with Crippen LogP contribution < -0.4 is 9.47 Å². The zero-order valence-electron chi connectivity index (χ0n) is 7.95. The third-order valence-electron chi connectivity index (χ3n) is 2.15. The van der Waals surface area contributed by atoms with E-state index in [1.54, 1.807) is 7.11 Å². The minimum absolute atomic E-state index is 0.0427. The molecule has 76 valence electrons. The second-order valence-corrected chi connectivity index (χ2v) is 3.04. The van der Waals surface area contributed by atoms with E-state index in [0.29, 0.717) is 18.1 Å². The van der Waals surface area contributed by atoms with Crippen LogP contribution in [0.4, 0.5) is 0 Å². The fourth-order valence-electron chi connectivity index (χ4n) is 1.50. The van der Waals surface area contributed by atoms with Crippen molar-refractivity contribution in [3.05, 3.63) is 23.3 Å². The standard InChI is InChI=1S/C10H12O4/c1-12-5-8-3-2-7(4-11)9-10(8)14-6-13-9/h2-3,11H,4-6H2,1H3. The van der Waals surface area contributed by atoms with Crippen molar-refractivity contribution < 1.29 is 19.3 Å². The Morgan fingerprint density at radius 1 is 1.29 bits per heavy atom. The highest BCUT2D eigenvalue weighted by Gasteiger charge is 2.20. The lowest BCUT2D eigenvalue weighted by Gasteiger charge is -2.07. The highest BCUT2D eigenvalue weighted by atomic mass is 16.7. The number of methoxy groups -OCH3 is 1. The van der Waals surface area contributed by atoms with Crippen LogP contribution in [0.15, 0.2) is 12.1 Å². The molecule has 14 heavy (non-hydrogen) atoms. The summed E-state index contributed by atoms with van der Waals surface area (Å²) in [7, 11) is 1.63. The van der Waals surface area contributed by atoms with Gasteiger partial charge in [-0.3, -0.25) is 0 Å². The molecule has 0 aromatic heterocycles. The molecule has 1 N–H and O–H groups in total. The number of hydrogen-bond acceptors (Lipinski definition) is 4. The van der Waals surface area contributed by atoms with Crippen LogP contribution in [0.5, 0.6) is 11.5 Å². The maximum Gasteiger partial charge on any atom is 0.231 e. The van der Waals surface area contributed by atoms with Crippen molar-refractivity contribution >= 4 is 0 Å². The van der Waals surface area contributed by atoms with Gasteiger partial charge in [0.25, 0.3) is 0 Å². The Hall–Kier alpha value is -1.26. The molecule has 0 saturated carbocycles. The molecule has 0 bridgehead atoms. The molecule has 0 unspecified atom stereocenters. The molecule has 2 rings (SSSR count). The van der Waals surface area contributed by atoms with Gasteiger partial charge in [0.2, 0.25) is 6.79 Å². The molecular weight excluding hydrogens is 184 g/mol. The number of rotatable bonds is 3. The second-order valence-electron chi connectivity index (χ2n) is 3.04. The first kappa shape index (κ1) is 9.30. The van der Waals surface area contributed by atoms with E-state index in [1.165, 1.54) is 0 Å². The zero-order valence-corrected chi connectivity index (χ0v) is 7.95. The lowest BCUT2D eigenvalue weighted by molar-refractivity contribution is 0.161. The molecule has 1 aromatic rings. The molecule has 0 aliphatic carbocycles. The van der Waals surface area contributed by atoms with Crippen LogP contribution in [0.3, 0.4) is 0 Å². The predicted octanol–water partition coefficient (Wildman–Crippen LogP) is 1.05. The van der Waals surface area contributed by atoms with Gasteiger partial charge in [-0.1, -0.05) is 12.1 Å². The number of benzene rings is 1. The predicted molar refractivity (Wildman–Crippen MR) is 49.2 cm³/mol. The fourth-order valence-corrected chi connectivity index (χ4v) is 1.50. The lowest BCUT2D eigenvalue weighted by atomic mass is 10.1. The number of fused-ring (bicyclic) bond motifs is 1. The van der Waals surface area contributed by atoms with Crippen LogP contribution in [0, 0.1) is 0 Å². The van der Waals surface area contributed by atoms with Gasteiger partial charge in [0, 0.05) is 18.2 Å². The first-order valence-corrected chi connectivity index (χ1v) is 4.37. The first-order chi connectivity index (χ1) is 6.86. The molecule has 0 atom stereocenters. The van der Waals surface area contributed by atoms with Gasteiger partial charge in [-0.05, 0) is 0 Å². The Kier molecular flexibility index (Phi) is 2.56. The third-order valence-corrected chi connectivity index (χ3v) is 2.15. The molecule has 1 aliphatic heterocycles. The van der Waals surface area contributed by atoms with Gasteiger partial charge in [0.15, 0.2) is 11.5 Å². The van der Waals surface area contributed by atoms with E-state index in [1.807, 2.05) is 12.1 Å². The summed E-state index contributed by atoms with van der Waals surface area (Å²) in [6.07, 6.45) is 0. The Morgan fingerprint density at radius 2 is 1.93 bits per heavy atom. The Bertz CT molecular complexity index is 335. The molecule has 4 nitrogen and oxygen atoms in total. The molecule has 1 aromatic carbocycles. The highest BCUT2D eigenvalue weighted by molar-refractivity contribution is 5.53. The van der Waals surface area contributed by atoms with Crippen molar-refractivity contribution in [3.63, 3.8) is 0 Å². The molecule has 0 fully saturated rings. The topological polar surface area (TPSA) is 47.9 Å². The van der Waals surface area contributed by atoms with Crippen LogP contribution in [0.25, 0.3) is 0 Å². The van der Waals surface area contributed by atoms with E-state index in [0.717, 1.165) is 11.1 Å². The third kappa shape index (κ3) is 1.42. The maximum atomic E-state index is 9.06. The van der Waals surface area contributed by atoms with Crippen LogP contribution in [0.2, 0.25) is 0 Å². The van der Waals surface area contributed by atoms with Crippen LogP contribution in [-0.2, 0) is 18.0 Å². The fraction of sp³-hybridized carbons (Fsp3) is 0.400. The lowest BCUT2D eigenvalue weighted by Crippen LogP contribution is -1.95. The van der Waals surface area contributed by atoms with E-state index < -0.39 is 0 Å². The number of aliphatic hydroxyl groups excluding tert-OH is 1. The van der Waals surface area contributed by atoms with Crippen molar-refractivity contribution in [1.82, 2.24) is 0 Å². The number of aliphatic hydroxyl groups is 1. The van der Waals surface area contributed by atoms with Crippen LogP contribution in [-0.4, -0.2) is 19.0 Å². The van der Waals surface area contributed by atoms with Crippen LogP contribution >= 0.6 is 0 Å². The average molecular weight is 196 g/mol. The summed E-state index contributed by atoms with van der Waals surface area (Å²) >= 11 is 0. The van der Waals surface area contributed by atoms with Gasteiger partial charge in [0.05, 0.1) is 13.2 Å². The molecular formula is C10H12O4. The average Bonchev–Trinajstić information content (AvgIpc) is 2.67. The van der Waals surface area contributed by atoms with Gasteiger partial charge >= 0.3 is 0 Å². The smallest absolute Gasteiger partial charge is 0.231 e. The van der Waals surface area contributed by atoms with Gasteiger partial charge in [0.1, 0.15) is 0 Å². The van der Waals surface area contributed by atoms with E-state index in [-0.39, 0.29) is 13.4 Å². The number of hydrogen-bond donors (Lipinski definition) is 1. The summed E-state index contributed by atoms with van der Waals surface area (Å²) in [6, 6.07) is 3.70. The first-order valence-electron chi connectivity index (χ1n) is 4.37. The zero-order chi connectivity index (χ0) is 9.97. The van der Waals surface area contributed by atoms with Gasteiger partial charge < -0.3 is 19.3 Å². The molecule has 0 amide bonds. The number of ether oxygens (including phenoxy) is 3. The van der Waals surface area contributed by atoms with E-state index in [2.05, 4.69) is 0 Å². The summed E-state index contributed by atoms with van der Waals surface area (Å²) < 4.78 is 15.6. The van der Waals surface area contributed by atoms with Crippen molar-refractivity contribution in [2.24, 2.45) is 0 Å². The van der Waals surface area contributed by atoms with E-state index in [4.69, 9.17) is 19.3 Å². The molecule has 4 heteroatoms. The second kappa shape index (κ2) is 3.86. The summed E-state index contributed by atoms with van der Waals surface area (Å²) in [5.74, 6) is 1.33. The van der Waals surface area contributed by atoms with E-state index >= 15 is 0 Å². The molecule has 0 saturated heterocycles. The molecule has 0 spiro atoms. The van der Waals surface area contributed by atoms with Crippen molar-refractivity contribution in [3.8, 4) is 11.5 Å². The molecule has 1 heterocycles. The highest BCUT2D eigenvalue weighted by Crippen LogP contribution is 2.39.